The van der Waals surface area contributed by atoms with Crippen LogP contribution in [0.2, 0.25) is 0 Å². The van der Waals surface area contributed by atoms with Crippen LogP contribution in [0.3, 0.4) is 0 Å². The number of piperidine rings is 1. The molecule has 0 unspecified atom stereocenters. The number of phenols is 1. The van der Waals surface area contributed by atoms with Crippen LogP contribution < -0.4 is 4.90 Å². The van der Waals surface area contributed by atoms with E-state index in [2.05, 4.69) is 4.98 Å². The second-order valence-corrected chi connectivity index (χ2v) is 7.64. The molecule has 0 amide bonds. The number of methoxy groups -OCH3 is 2. The lowest BCUT2D eigenvalue weighted by Crippen LogP contribution is -2.44. The second-order valence-electron chi connectivity index (χ2n) is 7.64. The Hall–Kier alpha value is -2.81. The van der Waals surface area contributed by atoms with Gasteiger partial charge in [-0.1, -0.05) is 12.1 Å². The van der Waals surface area contributed by atoms with Crippen molar-refractivity contribution < 1.29 is 32.5 Å². The molecule has 2 aromatic rings. The molecule has 1 saturated heterocycles. The summed E-state index contributed by atoms with van der Waals surface area (Å²) in [4.78, 5) is 18.9. The largest absolute Gasteiger partial charge is 0.507 e. The van der Waals surface area contributed by atoms with Gasteiger partial charge in [0.15, 0.2) is 0 Å². The molecule has 4 rings (SSSR count). The molecule has 6 nitrogen and oxygen atoms in total. The fraction of sp³-hybridized carbons (Fsp3) is 0.429. The van der Waals surface area contributed by atoms with E-state index in [1.807, 2.05) is 4.90 Å². The van der Waals surface area contributed by atoms with Gasteiger partial charge in [0.05, 0.1) is 36.4 Å². The molecule has 0 spiro atoms. The molecule has 9 heteroatoms. The number of nitrogens with zero attached hydrogens (tertiary/aromatic N) is 2. The smallest absolute Gasteiger partial charge is 0.419 e. The summed E-state index contributed by atoms with van der Waals surface area (Å²) in [6, 6.07) is 8.08. The third kappa shape index (κ3) is 3.08. The highest BCUT2D eigenvalue weighted by Gasteiger charge is 2.71. The van der Waals surface area contributed by atoms with Crippen molar-refractivity contribution in [2.75, 3.05) is 32.3 Å². The Morgan fingerprint density at radius 2 is 2.00 bits per heavy atom. The lowest BCUT2D eigenvalue weighted by atomic mass is 9.96. The molecule has 1 aliphatic heterocycles. The van der Waals surface area contributed by atoms with Crippen molar-refractivity contribution in [3.05, 3.63) is 42.0 Å². The summed E-state index contributed by atoms with van der Waals surface area (Å²) in [6.07, 6.45) is -3.97. The van der Waals surface area contributed by atoms with Gasteiger partial charge in [0.2, 0.25) is 0 Å². The molecule has 1 aliphatic carbocycles. The van der Waals surface area contributed by atoms with Crippen LogP contribution in [-0.2, 0) is 20.4 Å². The van der Waals surface area contributed by atoms with E-state index in [0.29, 0.717) is 18.8 Å². The van der Waals surface area contributed by atoms with Crippen molar-refractivity contribution >= 4 is 11.8 Å². The van der Waals surface area contributed by atoms with Gasteiger partial charge in [-0.2, -0.15) is 13.2 Å². The molecule has 0 bridgehead atoms. The van der Waals surface area contributed by atoms with E-state index in [1.54, 1.807) is 19.2 Å². The monoisotopic (exact) mass is 422 g/mol. The number of carbonyl (C=O) groups excluding carboxylic acids is 1. The molecule has 1 N–H and O–H groups in total. The summed E-state index contributed by atoms with van der Waals surface area (Å²) < 4.78 is 49.8. The first-order valence-corrected chi connectivity index (χ1v) is 9.44. The first-order valence-electron chi connectivity index (χ1n) is 9.44. The maximum Gasteiger partial charge on any atom is 0.419 e. The molecule has 0 radical (unpaired) electrons. The molecule has 160 valence electrons. The lowest BCUT2D eigenvalue weighted by Gasteiger charge is -2.31. The number of aromatic hydroxyl groups is 1. The van der Waals surface area contributed by atoms with Gasteiger partial charge in [-0.05, 0) is 36.6 Å². The van der Waals surface area contributed by atoms with Gasteiger partial charge < -0.3 is 19.5 Å². The van der Waals surface area contributed by atoms with E-state index in [0.717, 1.165) is 6.07 Å². The molecule has 2 aliphatic rings. The summed E-state index contributed by atoms with van der Waals surface area (Å²) in [5, 5.41) is 10.2. The second kappa shape index (κ2) is 7.16. The van der Waals surface area contributed by atoms with E-state index >= 15 is 0 Å². The van der Waals surface area contributed by atoms with Gasteiger partial charge in [0.25, 0.3) is 0 Å². The van der Waals surface area contributed by atoms with Crippen molar-refractivity contribution in [1.29, 1.82) is 0 Å². The zero-order valence-corrected chi connectivity index (χ0v) is 16.4. The average molecular weight is 422 g/mol. The van der Waals surface area contributed by atoms with E-state index < -0.39 is 22.9 Å². The summed E-state index contributed by atoms with van der Waals surface area (Å²) >= 11 is 0. The number of halogens is 3. The Morgan fingerprint density at radius 3 is 2.67 bits per heavy atom. The highest BCUT2D eigenvalue weighted by Crippen LogP contribution is 2.62. The number of rotatable bonds is 5. The Balaban J connectivity index is 1.71. The number of carbonyl (C=O) groups is 1. The third-order valence-electron chi connectivity index (χ3n) is 6.08. The minimum atomic E-state index is -4.68. The van der Waals surface area contributed by atoms with Crippen molar-refractivity contribution in [2.24, 2.45) is 11.3 Å². The Morgan fingerprint density at radius 1 is 1.27 bits per heavy atom. The van der Waals surface area contributed by atoms with E-state index in [-0.39, 0.29) is 35.8 Å². The first-order chi connectivity index (χ1) is 14.2. The number of phenolic OH excluding ortho intramolecular Hbond substituents is 1. The minimum absolute atomic E-state index is 0.0120. The number of hydrogen-bond acceptors (Lipinski definition) is 6. The number of fused-ring (bicyclic) bond motifs is 1. The van der Waals surface area contributed by atoms with Crippen LogP contribution in [-0.4, -0.2) is 49.5 Å². The summed E-state index contributed by atoms with van der Waals surface area (Å²) in [5.41, 5.74) is -1.57. The van der Waals surface area contributed by atoms with Crippen LogP contribution >= 0.6 is 0 Å². The van der Waals surface area contributed by atoms with Crippen LogP contribution in [0.4, 0.5) is 19.0 Å². The van der Waals surface area contributed by atoms with Crippen molar-refractivity contribution in [2.45, 2.75) is 18.6 Å². The number of esters is 1. The van der Waals surface area contributed by atoms with Crippen LogP contribution in [0, 0.1) is 11.3 Å². The fourth-order valence-electron chi connectivity index (χ4n) is 4.57. The number of aromatic nitrogens is 1. The predicted octanol–water partition coefficient (Wildman–Crippen LogP) is 3.49. The predicted molar refractivity (Wildman–Crippen MR) is 102 cm³/mol. The number of benzene rings is 1. The van der Waals surface area contributed by atoms with Crippen molar-refractivity contribution in [1.82, 2.24) is 4.98 Å². The van der Waals surface area contributed by atoms with E-state index in [1.165, 1.54) is 25.3 Å². The van der Waals surface area contributed by atoms with Gasteiger partial charge in [0.1, 0.15) is 11.6 Å². The molecule has 1 aromatic carbocycles. The Labute approximate surface area is 171 Å². The topological polar surface area (TPSA) is 71.9 Å². The molecule has 30 heavy (non-hydrogen) atoms. The van der Waals surface area contributed by atoms with Crippen LogP contribution in [0.5, 0.6) is 5.75 Å². The van der Waals surface area contributed by atoms with Gasteiger partial charge >= 0.3 is 12.1 Å². The van der Waals surface area contributed by atoms with Crippen LogP contribution in [0.1, 0.15) is 12.0 Å². The molecular formula is C21H21F3N2O4. The number of hydrogen-bond donors (Lipinski definition) is 1. The molecule has 1 aromatic heterocycles. The zero-order chi connectivity index (χ0) is 21.7. The standard InChI is InChI=1S/C21H21F3N2O4/c1-29-11-16-20(19(28)30-2)9-12(20)10-26(16)17-8-4-7-15(25-17)13-5-3-6-14(18(13)27)21(22,23)24/h3-8,12,16,27H,9-11H2,1-2H3/t12-,16+,20+/m0/s1. The highest BCUT2D eigenvalue weighted by atomic mass is 19.4. The van der Waals surface area contributed by atoms with Gasteiger partial charge in [-0.15, -0.1) is 0 Å². The third-order valence-corrected chi connectivity index (χ3v) is 6.08. The molecule has 2 heterocycles. The first kappa shape index (κ1) is 20.5. The van der Waals surface area contributed by atoms with Gasteiger partial charge in [0, 0.05) is 19.2 Å². The maximum atomic E-state index is 13.2. The van der Waals surface area contributed by atoms with Gasteiger partial charge in [-0.25, -0.2) is 4.98 Å². The average Bonchev–Trinajstić information content (AvgIpc) is 3.36. The van der Waals surface area contributed by atoms with Crippen molar-refractivity contribution in [3.8, 4) is 17.0 Å². The van der Waals surface area contributed by atoms with Crippen molar-refractivity contribution in [3.63, 3.8) is 0 Å². The molecular weight excluding hydrogens is 401 g/mol. The summed E-state index contributed by atoms with van der Waals surface area (Å²) in [7, 11) is 2.90. The normalized spacial score (nSPS) is 25.2. The SMILES string of the molecule is COC[C@H]1N(c2cccc(-c3cccc(C(F)(F)F)c3O)n2)C[C@@H]2C[C@@]21C(=O)OC. The van der Waals surface area contributed by atoms with E-state index in [9.17, 15) is 23.1 Å². The number of para-hydroxylation sites is 1. The molecule has 1 saturated carbocycles. The molecule has 3 atom stereocenters. The Kier molecular flexibility index (Phi) is 4.88. The maximum absolute atomic E-state index is 13.2. The lowest BCUT2D eigenvalue weighted by molar-refractivity contribution is -0.148. The molecule has 2 fully saturated rings. The highest BCUT2D eigenvalue weighted by molar-refractivity contribution is 5.84. The Bertz CT molecular complexity index is 981. The fourth-order valence-corrected chi connectivity index (χ4v) is 4.57. The number of pyridine rings is 1. The van der Waals surface area contributed by atoms with Crippen LogP contribution in [0.25, 0.3) is 11.3 Å². The summed E-state index contributed by atoms with van der Waals surface area (Å²) in [6.45, 7) is 0.848. The zero-order valence-electron chi connectivity index (χ0n) is 16.4. The number of ether oxygens (including phenoxy) is 2. The minimum Gasteiger partial charge on any atom is -0.507 e. The van der Waals surface area contributed by atoms with Gasteiger partial charge in [-0.3, -0.25) is 4.79 Å². The van der Waals surface area contributed by atoms with Crippen LogP contribution in [0.15, 0.2) is 36.4 Å². The number of alkyl halides is 3. The number of anilines is 1. The van der Waals surface area contributed by atoms with E-state index in [4.69, 9.17) is 9.47 Å². The summed E-state index contributed by atoms with van der Waals surface area (Å²) in [5.74, 6) is -0.540. The quantitative estimate of drug-likeness (QED) is 0.744.